The van der Waals surface area contributed by atoms with Crippen LogP contribution >= 0.6 is 0 Å². The summed E-state index contributed by atoms with van der Waals surface area (Å²) in [7, 11) is 0. The van der Waals surface area contributed by atoms with Crippen LogP contribution in [-0.2, 0) is 4.74 Å². The second-order valence-electron chi connectivity index (χ2n) is 5.91. The Bertz CT molecular complexity index is 201. The molecule has 2 aliphatic rings. The normalized spacial score (nSPS) is 31.6. The minimum Gasteiger partial charge on any atom is -0.378 e. The smallest absolute Gasteiger partial charge is 0.0592 e. The fourth-order valence-electron chi connectivity index (χ4n) is 3.37. The topological polar surface area (TPSA) is 21.3 Å². The molecule has 0 radical (unpaired) electrons. The summed E-state index contributed by atoms with van der Waals surface area (Å²) in [5.74, 6) is 0.957. The molecule has 0 aromatic rings. The molecule has 2 nitrogen and oxygen atoms in total. The van der Waals surface area contributed by atoms with E-state index < -0.39 is 0 Å². The lowest BCUT2D eigenvalue weighted by Crippen LogP contribution is -2.40. The first-order valence-electron chi connectivity index (χ1n) is 7.73. The lowest BCUT2D eigenvalue weighted by Gasteiger charge is -2.33. The van der Waals surface area contributed by atoms with E-state index in [-0.39, 0.29) is 0 Å². The average molecular weight is 239 g/mol. The van der Waals surface area contributed by atoms with E-state index in [1.54, 1.807) is 0 Å². The molecule has 1 saturated carbocycles. The summed E-state index contributed by atoms with van der Waals surface area (Å²) in [4.78, 5) is 0. The van der Waals surface area contributed by atoms with Crippen molar-refractivity contribution in [2.45, 2.75) is 76.9 Å². The van der Waals surface area contributed by atoms with Gasteiger partial charge in [-0.3, -0.25) is 0 Å². The van der Waals surface area contributed by atoms with Crippen LogP contribution in [0.4, 0.5) is 0 Å². The molecule has 1 aliphatic carbocycles. The van der Waals surface area contributed by atoms with Gasteiger partial charge in [-0.05, 0) is 38.1 Å². The molecule has 0 bridgehead atoms. The fraction of sp³-hybridized carbons (Fsp3) is 1.00. The monoisotopic (exact) mass is 239 g/mol. The van der Waals surface area contributed by atoms with E-state index >= 15 is 0 Å². The Hall–Kier alpha value is -0.0800. The molecular formula is C15H29NO. The van der Waals surface area contributed by atoms with Crippen LogP contribution in [-0.4, -0.2) is 25.3 Å². The summed E-state index contributed by atoms with van der Waals surface area (Å²) in [5, 5.41) is 3.66. The van der Waals surface area contributed by atoms with Crippen LogP contribution in [0.25, 0.3) is 0 Å². The van der Waals surface area contributed by atoms with Crippen LogP contribution in [0.1, 0.15) is 64.7 Å². The maximum atomic E-state index is 5.95. The maximum absolute atomic E-state index is 5.95. The average Bonchev–Trinajstić information content (AvgIpc) is 2.38. The van der Waals surface area contributed by atoms with Gasteiger partial charge in [0, 0.05) is 12.6 Å². The number of nitrogens with one attached hydrogen (secondary N) is 1. The zero-order valence-electron chi connectivity index (χ0n) is 11.4. The van der Waals surface area contributed by atoms with Gasteiger partial charge in [0.05, 0.1) is 6.10 Å². The van der Waals surface area contributed by atoms with Gasteiger partial charge in [0.25, 0.3) is 0 Å². The first-order valence-corrected chi connectivity index (χ1v) is 7.73. The van der Waals surface area contributed by atoms with Gasteiger partial charge in [-0.25, -0.2) is 0 Å². The first kappa shape index (κ1) is 13.4. The summed E-state index contributed by atoms with van der Waals surface area (Å²) in [6.45, 7) is 4.38. The molecule has 0 aromatic heterocycles. The zero-order valence-corrected chi connectivity index (χ0v) is 11.4. The largest absolute Gasteiger partial charge is 0.378 e. The highest BCUT2D eigenvalue weighted by Gasteiger charge is 2.25. The Balaban J connectivity index is 1.68. The predicted octanol–water partition coefficient (Wildman–Crippen LogP) is 3.50. The third-order valence-corrected chi connectivity index (χ3v) is 4.37. The quantitative estimate of drug-likeness (QED) is 0.793. The van der Waals surface area contributed by atoms with Crippen LogP contribution < -0.4 is 5.32 Å². The highest BCUT2D eigenvalue weighted by Crippen LogP contribution is 2.30. The van der Waals surface area contributed by atoms with Gasteiger partial charge in [-0.2, -0.15) is 0 Å². The van der Waals surface area contributed by atoms with Crippen molar-refractivity contribution in [3.63, 3.8) is 0 Å². The van der Waals surface area contributed by atoms with Gasteiger partial charge in [-0.1, -0.05) is 39.0 Å². The molecule has 2 rings (SSSR count). The van der Waals surface area contributed by atoms with E-state index in [9.17, 15) is 0 Å². The molecular weight excluding hydrogens is 210 g/mol. The van der Waals surface area contributed by atoms with Crippen molar-refractivity contribution in [1.82, 2.24) is 5.32 Å². The molecule has 2 unspecified atom stereocenters. The van der Waals surface area contributed by atoms with Crippen LogP contribution in [0.5, 0.6) is 0 Å². The third kappa shape index (κ3) is 4.59. The van der Waals surface area contributed by atoms with Crippen molar-refractivity contribution in [2.75, 3.05) is 13.2 Å². The van der Waals surface area contributed by atoms with Gasteiger partial charge < -0.3 is 10.1 Å². The molecule has 17 heavy (non-hydrogen) atoms. The Morgan fingerprint density at radius 1 is 1.12 bits per heavy atom. The molecule has 1 aliphatic heterocycles. The van der Waals surface area contributed by atoms with Crippen LogP contribution in [0, 0.1) is 5.92 Å². The summed E-state index contributed by atoms with van der Waals surface area (Å²) in [5.41, 5.74) is 0. The van der Waals surface area contributed by atoms with E-state index in [0.717, 1.165) is 18.6 Å². The van der Waals surface area contributed by atoms with Crippen molar-refractivity contribution < 1.29 is 4.74 Å². The molecule has 1 N–H and O–H groups in total. The van der Waals surface area contributed by atoms with E-state index in [1.165, 1.54) is 64.3 Å². The number of rotatable bonds is 5. The zero-order chi connectivity index (χ0) is 11.9. The van der Waals surface area contributed by atoms with Crippen molar-refractivity contribution in [1.29, 1.82) is 0 Å². The summed E-state index contributed by atoms with van der Waals surface area (Å²) in [6, 6.07) is 0.720. The van der Waals surface area contributed by atoms with Crippen molar-refractivity contribution in [2.24, 2.45) is 5.92 Å². The van der Waals surface area contributed by atoms with Crippen LogP contribution in [0.15, 0.2) is 0 Å². The fourth-order valence-corrected chi connectivity index (χ4v) is 3.37. The lowest BCUT2D eigenvalue weighted by molar-refractivity contribution is -0.0145. The van der Waals surface area contributed by atoms with Gasteiger partial charge >= 0.3 is 0 Å². The molecule has 0 amide bonds. The van der Waals surface area contributed by atoms with Gasteiger partial charge in [0.2, 0.25) is 0 Å². The van der Waals surface area contributed by atoms with Crippen LogP contribution in [0.2, 0.25) is 0 Å². The Morgan fingerprint density at radius 3 is 2.71 bits per heavy atom. The van der Waals surface area contributed by atoms with Gasteiger partial charge in [0.1, 0.15) is 0 Å². The SMILES string of the molecule is CCCNC1CCOC(CC2CCCCC2)C1. The van der Waals surface area contributed by atoms with E-state index in [2.05, 4.69) is 12.2 Å². The molecule has 0 spiro atoms. The molecule has 100 valence electrons. The van der Waals surface area contributed by atoms with Gasteiger partial charge in [0.15, 0.2) is 0 Å². The molecule has 2 atom stereocenters. The van der Waals surface area contributed by atoms with Crippen molar-refractivity contribution in [3.8, 4) is 0 Å². The minimum atomic E-state index is 0.543. The molecule has 2 heteroatoms. The summed E-state index contributed by atoms with van der Waals surface area (Å²) in [6.07, 6.45) is 12.8. The van der Waals surface area contributed by atoms with E-state index in [1.807, 2.05) is 0 Å². The van der Waals surface area contributed by atoms with E-state index in [4.69, 9.17) is 4.74 Å². The lowest BCUT2D eigenvalue weighted by atomic mass is 9.83. The molecule has 1 saturated heterocycles. The van der Waals surface area contributed by atoms with Crippen LogP contribution in [0.3, 0.4) is 0 Å². The second kappa shape index (κ2) is 7.38. The molecule has 2 fully saturated rings. The Labute approximate surface area is 107 Å². The van der Waals surface area contributed by atoms with Crippen molar-refractivity contribution in [3.05, 3.63) is 0 Å². The van der Waals surface area contributed by atoms with Gasteiger partial charge in [-0.15, -0.1) is 0 Å². The highest BCUT2D eigenvalue weighted by atomic mass is 16.5. The van der Waals surface area contributed by atoms with Crippen molar-refractivity contribution >= 4 is 0 Å². The number of hydrogen-bond donors (Lipinski definition) is 1. The maximum Gasteiger partial charge on any atom is 0.0592 e. The predicted molar refractivity (Wildman–Crippen MR) is 72.2 cm³/mol. The summed E-state index contributed by atoms with van der Waals surface area (Å²) >= 11 is 0. The minimum absolute atomic E-state index is 0.543. The summed E-state index contributed by atoms with van der Waals surface area (Å²) < 4.78 is 5.95. The number of hydrogen-bond acceptors (Lipinski definition) is 2. The Kier molecular flexibility index (Phi) is 5.79. The number of ether oxygens (including phenoxy) is 1. The Morgan fingerprint density at radius 2 is 1.94 bits per heavy atom. The standard InChI is InChI=1S/C15H29NO/c1-2-9-16-14-8-10-17-15(12-14)11-13-6-4-3-5-7-13/h13-16H,2-12H2,1H3. The second-order valence-corrected chi connectivity index (χ2v) is 5.91. The third-order valence-electron chi connectivity index (χ3n) is 4.37. The molecule has 1 heterocycles. The highest BCUT2D eigenvalue weighted by molar-refractivity contribution is 4.79. The van der Waals surface area contributed by atoms with E-state index in [0.29, 0.717) is 6.10 Å². The first-order chi connectivity index (χ1) is 8.38. The molecule has 0 aromatic carbocycles.